The first-order chi connectivity index (χ1) is 9.15. The normalized spacial score (nSPS) is 23.1. The number of hydrogen-bond donors (Lipinski definition) is 2. The summed E-state index contributed by atoms with van der Waals surface area (Å²) in [6.07, 6.45) is 4.76. The van der Waals surface area contributed by atoms with Crippen LogP contribution in [0.5, 0.6) is 0 Å². The summed E-state index contributed by atoms with van der Waals surface area (Å²) in [6, 6.07) is 8.23. The van der Waals surface area contributed by atoms with Crippen LogP contribution in [0.15, 0.2) is 24.3 Å². The van der Waals surface area contributed by atoms with Crippen molar-refractivity contribution in [2.45, 2.75) is 57.6 Å². The van der Waals surface area contributed by atoms with Gasteiger partial charge >= 0.3 is 0 Å². The third-order valence-corrected chi connectivity index (χ3v) is 3.84. The van der Waals surface area contributed by atoms with Gasteiger partial charge in [0.1, 0.15) is 0 Å². The Kier molecular flexibility index (Phi) is 4.97. The van der Waals surface area contributed by atoms with E-state index in [9.17, 15) is 9.90 Å². The van der Waals surface area contributed by atoms with Crippen LogP contribution in [0.1, 0.15) is 43.2 Å². The van der Waals surface area contributed by atoms with Gasteiger partial charge in [0.05, 0.1) is 12.1 Å². The number of benzene rings is 1. The zero-order valence-corrected chi connectivity index (χ0v) is 11.6. The molecule has 1 saturated carbocycles. The molecule has 2 atom stereocenters. The van der Waals surface area contributed by atoms with E-state index in [1.807, 2.05) is 0 Å². The topological polar surface area (TPSA) is 49.3 Å². The standard InChI is InChI=1S/C16H23NO2/c1-12-6-8-13(9-7-12)10-11-16(19)17-14-4-2-3-5-15(14)18/h6-9,14-15,18H,2-5,10-11H2,1H3,(H,17,19)/t14-,15-/m1/s1. The number of amides is 1. The summed E-state index contributed by atoms with van der Waals surface area (Å²) in [5, 5.41) is 12.8. The second-order valence-corrected chi connectivity index (χ2v) is 5.51. The van der Waals surface area contributed by atoms with E-state index < -0.39 is 0 Å². The molecule has 1 aliphatic rings. The van der Waals surface area contributed by atoms with Gasteiger partial charge in [-0.25, -0.2) is 0 Å². The summed E-state index contributed by atoms with van der Waals surface area (Å²) in [7, 11) is 0. The molecule has 0 bridgehead atoms. The number of aliphatic hydroxyl groups excluding tert-OH is 1. The second-order valence-electron chi connectivity index (χ2n) is 5.51. The van der Waals surface area contributed by atoms with Crippen molar-refractivity contribution in [2.24, 2.45) is 0 Å². The molecule has 3 heteroatoms. The molecule has 2 N–H and O–H groups in total. The first-order valence-electron chi connectivity index (χ1n) is 7.18. The molecule has 1 aromatic rings. The maximum Gasteiger partial charge on any atom is 0.220 e. The van der Waals surface area contributed by atoms with Crippen molar-refractivity contribution in [1.29, 1.82) is 0 Å². The molecule has 1 aliphatic carbocycles. The molecule has 0 unspecified atom stereocenters. The van der Waals surface area contributed by atoms with Crippen LogP contribution in [0.3, 0.4) is 0 Å². The fourth-order valence-electron chi connectivity index (χ4n) is 2.57. The Balaban J connectivity index is 1.76. The van der Waals surface area contributed by atoms with Crippen LogP contribution in [-0.2, 0) is 11.2 Å². The van der Waals surface area contributed by atoms with E-state index >= 15 is 0 Å². The SMILES string of the molecule is Cc1ccc(CCC(=O)N[C@@H]2CCCC[C@H]2O)cc1. The van der Waals surface area contributed by atoms with E-state index in [2.05, 4.69) is 36.5 Å². The lowest BCUT2D eigenvalue weighted by molar-refractivity contribution is -0.123. The van der Waals surface area contributed by atoms with E-state index in [1.165, 1.54) is 11.1 Å². The van der Waals surface area contributed by atoms with Crippen molar-refractivity contribution in [3.05, 3.63) is 35.4 Å². The summed E-state index contributed by atoms with van der Waals surface area (Å²) in [4.78, 5) is 11.9. The van der Waals surface area contributed by atoms with Crippen LogP contribution in [0.4, 0.5) is 0 Å². The molecule has 0 aromatic heterocycles. The molecule has 0 saturated heterocycles. The Hall–Kier alpha value is -1.35. The summed E-state index contributed by atoms with van der Waals surface area (Å²) >= 11 is 0. The summed E-state index contributed by atoms with van der Waals surface area (Å²) in [5.74, 6) is 0.0477. The van der Waals surface area contributed by atoms with E-state index in [4.69, 9.17) is 0 Å². The van der Waals surface area contributed by atoms with E-state index in [1.54, 1.807) is 0 Å². The van der Waals surface area contributed by atoms with Crippen molar-refractivity contribution in [1.82, 2.24) is 5.32 Å². The molecule has 1 aromatic carbocycles. The highest BCUT2D eigenvalue weighted by Crippen LogP contribution is 2.18. The Morgan fingerprint density at radius 2 is 1.95 bits per heavy atom. The lowest BCUT2D eigenvalue weighted by atomic mass is 9.92. The van der Waals surface area contributed by atoms with Crippen molar-refractivity contribution in [3.63, 3.8) is 0 Å². The maximum absolute atomic E-state index is 11.9. The molecule has 0 spiro atoms. The number of nitrogens with one attached hydrogen (secondary N) is 1. The van der Waals surface area contributed by atoms with Crippen molar-refractivity contribution in [2.75, 3.05) is 0 Å². The second kappa shape index (κ2) is 6.71. The van der Waals surface area contributed by atoms with Gasteiger partial charge in [-0.1, -0.05) is 42.7 Å². The smallest absolute Gasteiger partial charge is 0.220 e. The maximum atomic E-state index is 11.9. The fraction of sp³-hybridized carbons (Fsp3) is 0.562. The number of rotatable bonds is 4. The van der Waals surface area contributed by atoms with Gasteiger partial charge in [0.15, 0.2) is 0 Å². The van der Waals surface area contributed by atoms with Crippen LogP contribution in [0.2, 0.25) is 0 Å². The molecule has 104 valence electrons. The largest absolute Gasteiger partial charge is 0.391 e. The van der Waals surface area contributed by atoms with Crippen LogP contribution in [-0.4, -0.2) is 23.2 Å². The molecule has 0 aliphatic heterocycles. The van der Waals surface area contributed by atoms with Gasteiger partial charge < -0.3 is 10.4 Å². The molecule has 0 radical (unpaired) electrons. The zero-order chi connectivity index (χ0) is 13.7. The molecule has 1 amide bonds. The minimum Gasteiger partial charge on any atom is -0.391 e. The molecule has 1 fully saturated rings. The van der Waals surface area contributed by atoms with Crippen molar-refractivity contribution >= 4 is 5.91 Å². The van der Waals surface area contributed by atoms with Crippen molar-refractivity contribution < 1.29 is 9.90 Å². The summed E-state index contributed by atoms with van der Waals surface area (Å²) < 4.78 is 0. The quantitative estimate of drug-likeness (QED) is 0.874. The Bertz CT molecular complexity index is 413. The van der Waals surface area contributed by atoms with Gasteiger partial charge in [-0.15, -0.1) is 0 Å². The Labute approximate surface area is 115 Å². The van der Waals surface area contributed by atoms with Crippen LogP contribution in [0, 0.1) is 6.92 Å². The number of carbonyl (C=O) groups is 1. The van der Waals surface area contributed by atoms with Gasteiger partial charge in [0.25, 0.3) is 0 Å². The third-order valence-electron chi connectivity index (χ3n) is 3.84. The number of aryl methyl sites for hydroxylation is 2. The minimum atomic E-state index is -0.364. The Morgan fingerprint density at radius 3 is 2.63 bits per heavy atom. The lowest BCUT2D eigenvalue weighted by Crippen LogP contribution is -2.45. The molecule has 0 heterocycles. The van der Waals surface area contributed by atoms with E-state index in [0.29, 0.717) is 6.42 Å². The average molecular weight is 261 g/mol. The van der Waals surface area contributed by atoms with E-state index in [-0.39, 0.29) is 18.1 Å². The van der Waals surface area contributed by atoms with Gasteiger partial charge in [-0.3, -0.25) is 4.79 Å². The highest BCUT2D eigenvalue weighted by Gasteiger charge is 2.24. The molecule has 3 nitrogen and oxygen atoms in total. The predicted molar refractivity (Wildman–Crippen MR) is 75.9 cm³/mol. The number of hydrogen-bond acceptors (Lipinski definition) is 2. The molecule has 2 rings (SSSR count). The molecular formula is C16H23NO2. The number of aliphatic hydroxyl groups is 1. The van der Waals surface area contributed by atoms with Gasteiger partial charge in [-0.05, 0) is 31.7 Å². The first kappa shape index (κ1) is 14.1. The monoisotopic (exact) mass is 261 g/mol. The third kappa shape index (κ3) is 4.35. The zero-order valence-electron chi connectivity index (χ0n) is 11.6. The number of carbonyl (C=O) groups excluding carboxylic acids is 1. The highest BCUT2D eigenvalue weighted by atomic mass is 16.3. The van der Waals surface area contributed by atoms with E-state index in [0.717, 1.165) is 32.1 Å². The van der Waals surface area contributed by atoms with Gasteiger partial charge in [-0.2, -0.15) is 0 Å². The first-order valence-corrected chi connectivity index (χ1v) is 7.18. The average Bonchev–Trinajstić information content (AvgIpc) is 2.41. The summed E-state index contributed by atoms with van der Waals surface area (Å²) in [5.41, 5.74) is 2.42. The fourth-order valence-corrected chi connectivity index (χ4v) is 2.57. The predicted octanol–water partition coefficient (Wildman–Crippen LogP) is 2.35. The van der Waals surface area contributed by atoms with Crippen molar-refractivity contribution in [3.8, 4) is 0 Å². The highest BCUT2D eigenvalue weighted by molar-refractivity contribution is 5.76. The van der Waals surface area contributed by atoms with Crippen LogP contribution < -0.4 is 5.32 Å². The Morgan fingerprint density at radius 1 is 1.26 bits per heavy atom. The van der Waals surface area contributed by atoms with Gasteiger partial charge in [0, 0.05) is 6.42 Å². The summed E-state index contributed by atoms with van der Waals surface area (Å²) in [6.45, 7) is 2.06. The van der Waals surface area contributed by atoms with Crippen LogP contribution >= 0.6 is 0 Å². The molecular weight excluding hydrogens is 238 g/mol. The molecule has 19 heavy (non-hydrogen) atoms. The minimum absolute atomic E-state index is 0.0423. The lowest BCUT2D eigenvalue weighted by Gasteiger charge is -2.28. The van der Waals surface area contributed by atoms with Gasteiger partial charge in [0.2, 0.25) is 5.91 Å². The van der Waals surface area contributed by atoms with Crippen LogP contribution in [0.25, 0.3) is 0 Å².